The molecule has 2 saturated heterocycles. The highest BCUT2D eigenvalue weighted by Gasteiger charge is 2.29. The normalized spacial score (nSPS) is 16.2. The molecule has 6 rings (SSSR count). The number of carbonyl (C=O) groups is 3. The number of piperidine rings is 1. The highest BCUT2D eigenvalue weighted by atomic mass is 19.4. The maximum Gasteiger partial charge on any atom is 0.405 e. The first-order valence-corrected chi connectivity index (χ1v) is 15.1. The smallest absolute Gasteiger partial charge is 0.405 e. The molecule has 3 N–H and O–H groups in total. The number of oxazole rings is 1. The predicted octanol–water partition coefficient (Wildman–Crippen LogP) is 4.78. The van der Waals surface area contributed by atoms with Crippen LogP contribution in [-0.4, -0.2) is 79.8 Å². The largest absolute Gasteiger partial charge is 0.444 e. The first kappa shape index (κ1) is 33.4. The van der Waals surface area contributed by atoms with Crippen molar-refractivity contribution in [3.8, 4) is 11.5 Å². The zero-order valence-electron chi connectivity index (χ0n) is 25.6. The van der Waals surface area contributed by atoms with E-state index in [1.165, 1.54) is 34.1 Å². The van der Waals surface area contributed by atoms with Crippen molar-refractivity contribution in [1.82, 2.24) is 34.9 Å². The summed E-state index contributed by atoms with van der Waals surface area (Å²) < 4.78 is 72.3. The van der Waals surface area contributed by atoms with Gasteiger partial charge in [-0.05, 0) is 37.1 Å². The van der Waals surface area contributed by atoms with Gasteiger partial charge in [0.25, 0.3) is 12.3 Å². The third-order valence-electron chi connectivity index (χ3n) is 7.92. The molecule has 14 nitrogen and oxygen atoms in total. The number of likely N-dealkylation sites (tertiary alicyclic amines) is 1. The highest BCUT2D eigenvalue weighted by molar-refractivity contribution is 6.05. The first-order valence-electron chi connectivity index (χ1n) is 15.1. The summed E-state index contributed by atoms with van der Waals surface area (Å²) in [6.07, 6.45) is -0.857. The van der Waals surface area contributed by atoms with Crippen LogP contribution in [0.4, 0.5) is 43.9 Å². The van der Waals surface area contributed by atoms with Crippen molar-refractivity contribution in [3.63, 3.8) is 0 Å². The second-order valence-electron chi connectivity index (χ2n) is 11.4. The Kier molecular flexibility index (Phi) is 9.52. The Morgan fingerprint density at radius 2 is 1.90 bits per heavy atom. The standard InChI is InChI=1S/C30H29F5N10O4/c31-26(32)25-21(39-27(47)22-15-49-28(40-22)17-3-7-36-23(11-17)38-16-30(33,34)35)14-45(42-25)19-4-8-43(9-5-19)13-18-1-2-20(12-37-18)44-10-6-24(46)41-29(44)48/h1-3,7,11-12,14-15,19,26H,4-6,8-10,13,16H2,(H,36,38)(H,39,47)(H,41,46,48). The van der Waals surface area contributed by atoms with Crippen molar-refractivity contribution in [1.29, 1.82) is 0 Å². The van der Waals surface area contributed by atoms with E-state index >= 15 is 0 Å². The molecule has 0 bridgehead atoms. The molecule has 19 heteroatoms. The van der Waals surface area contributed by atoms with E-state index < -0.39 is 36.8 Å². The molecule has 4 aromatic rings. The Morgan fingerprint density at radius 1 is 1.10 bits per heavy atom. The van der Waals surface area contributed by atoms with Gasteiger partial charge >= 0.3 is 12.2 Å². The number of pyridine rings is 2. The van der Waals surface area contributed by atoms with Crippen LogP contribution >= 0.6 is 0 Å². The van der Waals surface area contributed by atoms with Gasteiger partial charge in [0.05, 0.1) is 29.3 Å². The van der Waals surface area contributed by atoms with Gasteiger partial charge in [0, 0.05) is 50.6 Å². The number of rotatable bonds is 10. The summed E-state index contributed by atoms with van der Waals surface area (Å²) in [6.45, 7) is 0.755. The molecule has 4 amide bonds. The molecule has 0 spiro atoms. The van der Waals surface area contributed by atoms with E-state index in [0.717, 1.165) is 12.0 Å². The highest BCUT2D eigenvalue weighted by Crippen LogP contribution is 2.31. The third-order valence-corrected chi connectivity index (χ3v) is 7.92. The summed E-state index contributed by atoms with van der Waals surface area (Å²) in [7, 11) is 0. The van der Waals surface area contributed by atoms with Crippen LogP contribution in [-0.2, 0) is 11.3 Å². The minimum atomic E-state index is -4.46. The molecule has 2 aliphatic heterocycles. The second kappa shape index (κ2) is 14.0. The third kappa shape index (κ3) is 8.16. The molecule has 0 atom stereocenters. The van der Waals surface area contributed by atoms with Crippen molar-refractivity contribution in [2.75, 3.05) is 41.7 Å². The molecule has 0 radical (unpaired) electrons. The number of hydrogen-bond acceptors (Lipinski definition) is 10. The zero-order valence-corrected chi connectivity index (χ0v) is 25.6. The molecule has 0 saturated carbocycles. The number of carbonyl (C=O) groups excluding carboxylic acids is 3. The van der Waals surface area contributed by atoms with Crippen LogP contribution in [0.3, 0.4) is 0 Å². The lowest BCUT2D eigenvalue weighted by atomic mass is 10.1. The van der Waals surface area contributed by atoms with Crippen LogP contribution in [0.5, 0.6) is 0 Å². The van der Waals surface area contributed by atoms with Gasteiger partial charge in [-0.15, -0.1) is 0 Å². The topological polar surface area (TPSA) is 163 Å². The maximum absolute atomic E-state index is 14.0. The molecule has 6 heterocycles. The molecule has 0 aliphatic carbocycles. The summed E-state index contributed by atoms with van der Waals surface area (Å²) in [4.78, 5) is 52.4. The van der Waals surface area contributed by atoms with Crippen LogP contribution in [0.1, 0.15) is 53.6 Å². The van der Waals surface area contributed by atoms with Gasteiger partial charge in [-0.1, -0.05) is 0 Å². The molecular formula is C30H29F5N10O4. The predicted molar refractivity (Wildman–Crippen MR) is 163 cm³/mol. The lowest BCUT2D eigenvalue weighted by Crippen LogP contribution is -2.49. The number of imide groups is 1. The van der Waals surface area contributed by atoms with Gasteiger partial charge in [0.2, 0.25) is 11.8 Å². The van der Waals surface area contributed by atoms with E-state index in [-0.39, 0.29) is 53.6 Å². The number of anilines is 3. The van der Waals surface area contributed by atoms with Gasteiger partial charge in [-0.25, -0.2) is 23.5 Å². The Hall–Kier alpha value is -5.46. The van der Waals surface area contributed by atoms with Crippen molar-refractivity contribution in [3.05, 3.63) is 66.2 Å². The van der Waals surface area contributed by atoms with Crippen molar-refractivity contribution >= 4 is 35.0 Å². The lowest BCUT2D eigenvalue weighted by Gasteiger charge is -2.32. The van der Waals surface area contributed by atoms with Gasteiger partial charge in [-0.2, -0.15) is 18.3 Å². The number of alkyl halides is 5. The Labute approximate surface area is 274 Å². The molecular weight excluding hydrogens is 659 g/mol. The fourth-order valence-electron chi connectivity index (χ4n) is 5.45. The summed E-state index contributed by atoms with van der Waals surface area (Å²) >= 11 is 0. The number of nitrogens with one attached hydrogen (secondary N) is 3. The minimum absolute atomic E-state index is 0.0858. The molecule has 0 unspecified atom stereocenters. The summed E-state index contributed by atoms with van der Waals surface area (Å²) in [6, 6.07) is 5.57. The number of halogens is 5. The van der Waals surface area contributed by atoms with Crippen molar-refractivity contribution in [2.24, 2.45) is 0 Å². The van der Waals surface area contributed by atoms with E-state index in [9.17, 15) is 36.3 Å². The second-order valence-corrected chi connectivity index (χ2v) is 11.4. The van der Waals surface area contributed by atoms with Gasteiger partial charge in [0.15, 0.2) is 11.4 Å². The van der Waals surface area contributed by atoms with Crippen molar-refractivity contribution in [2.45, 2.75) is 44.5 Å². The average molecular weight is 689 g/mol. The van der Waals surface area contributed by atoms with Crippen LogP contribution in [0.15, 0.2) is 53.5 Å². The Morgan fingerprint density at radius 3 is 2.59 bits per heavy atom. The van der Waals surface area contributed by atoms with Gasteiger partial charge in [0.1, 0.15) is 18.6 Å². The zero-order chi connectivity index (χ0) is 34.7. The molecule has 49 heavy (non-hydrogen) atoms. The van der Waals surface area contributed by atoms with Crippen molar-refractivity contribution < 1.29 is 40.8 Å². The number of nitrogens with zero attached hydrogens (tertiary/aromatic N) is 7. The van der Waals surface area contributed by atoms with E-state index in [2.05, 4.69) is 40.9 Å². The number of hydrogen-bond donors (Lipinski definition) is 3. The Bertz CT molecular complexity index is 1820. The van der Waals surface area contributed by atoms with Crippen LogP contribution in [0.25, 0.3) is 11.5 Å². The summed E-state index contributed by atoms with van der Waals surface area (Å²) in [5.41, 5.74) is 0.558. The number of aromatic nitrogens is 5. The number of urea groups is 1. The molecule has 4 aromatic heterocycles. The van der Waals surface area contributed by atoms with Gasteiger partial charge < -0.3 is 15.1 Å². The fraction of sp³-hybridized carbons (Fsp3) is 0.367. The van der Waals surface area contributed by atoms with E-state index in [4.69, 9.17) is 4.42 Å². The van der Waals surface area contributed by atoms with E-state index in [1.807, 2.05) is 6.07 Å². The lowest BCUT2D eigenvalue weighted by molar-refractivity contribution is -0.120. The molecule has 2 aliphatic rings. The van der Waals surface area contributed by atoms with Crippen LogP contribution in [0, 0.1) is 0 Å². The maximum atomic E-state index is 14.0. The average Bonchev–Trinajstić information content (AvgIpc) is 3.73. The number of amides is 4. The quantitative estimate of drug-likeness (QED) is 0.198. The van der Waals surface area contributed by atoms with Crippen LogP contribution < -0.4 is 20.9 Å². The van der Waals surface area contributed by atoms with E-state index in [0.29, 0.717) is 38.2 Å². The molecule has 0 aromatic carbocycles. The minimum Gasteiger partial charge on any atom is -0.444 e. The van der Waals surface area contributed by atoms with Crippen LogP contribution in [0.2, 0.25) is 0 Å². The van der Waals surface area contributed by atoms with E-state index in [1.54, 1.807) is 12.3 Å². The first-order chi connectivity index (χ1) is 23.4. The Balaban J connectivity index is 1.05. The van der Waals surface area contributed by atoms with Gasteiger partial charge in [-0.3, -0.25) is 34.4 Å². The fourth-order valence-corrected chi connectivity index (χ4v) is 5.45. The summed E-state index contributed by atoms with van der Waals surface area (Å²) in [5, 5.41) is 10.9. The summed E-state index contributed by atoms with van der Waals surface area (Å²) in [5.74, 6) is -1.34. The monoisotopic (exact) mass is 688 g/mol. The molecule has 2 fully saturated rings. The SMILES string of the molecule is O=C1CCN(c2ccc(CN3CCC(n4cc(NC(=O)c5coc(-c6ccnc(NCC(F)(F)F)c6)n5)c(C(F)F)n4)CC3)nc2)C(=O)N1. The molecule has 258 valence electrons.